The van der Waals surface area contributed by atoms with Gasteiger partial charge in [-0.1, -0.05) is 11.6 Å². The lowest BCUT2D eigenvalue weighted by Gasteiger charge is -2.28. The molecular formula is C21H20ClNO3. The van der Waals surface area contributed by atoms with E-state index >= 15 is 0 Å². The zero-order valence-electron chi connectivity index (χ0n) is 15.1. The molecule has 3 rings (SSSR count). The molecule has 0 atom stereocenters. The molecule has 134 valence electrons. The third-order valence-electron chi connectivity index (χ3n) is 4.56. The number of carbonyl (C=O) groups excluding carboxylic acids is 2. The van der Waals surface area contributed by atoms with Gasteiger partial charge in [-0.2, -0.15) is 0 Å². The smallest absolute Gasteiger partial charge is 0.158 e. The first kappa shape index (κ1) is 18.2. The normalized spacial score (nSPS) is 15.3. The zero-order valence-corrected chi connectivity index (χ0v) is 15.9. The minimum absolute atomic E-state index is 0.0873. The van der Waals surface area contributed by atoms with Gasteiger partial charge >= 0.3 is 0 Å². The highest BCUT2D eigenvalue weighted by atomic mass is 35.5. The van der Waals surface area contributed by atoms with Gasteiger partial charge < -0.3 is 9.73 Å². The van der Waals surface area contributed by atoms with Gasteiger partial charge in [0.2, 0.25) is 0 Å². The first-order valence-electron chi connectivity index (χ1n) is 8.35. The molecule has 0 bridgehead atoms. The Morgan fingerprint density at radius 1 is 0.923 bits per heavy atom. The Kier molecular flexibility index (Phi) is 4.88. The number of benzene rings is 1. The molecule has 5 heteroatoms. The molecule has 1 aliphatic heterocycles. The molecular weight excluding hydrogens is 350 g/mol. The Labute approximate surface area is 157 Å². The summed E-state index contributed by atoms with van der Waals surface area (Å²) in [5.41, 5.74) is 3.48. The third kappa shape index (κ3) is 3.25. The second kappa shape index (κ2) is 6.96. The topological polar surface area (TPSA) is 59.3 Å². The van der Waals surface area contributed by atoms with Gasteiger partial charge in [0.25, 0.3) is 0 Å². The second-order valence-electron chi connectivity index (χ2n) is 6.46. The molecule has 0 fully saturated rings. The van der Waals surface area contributed by atoms with Crippen molar-refractivity contribution in [2.75, 3.05) is 0 Å². The van der Waals surface area contributed by atoms with Crippen molar-refractivity contribution in [2.45, 2.75) is 33.6 Å². The van der Waals surface area contributed by atoms with E-state index in [1.165, 1.54) is 13.8 Å². The van der Waals surface area contributed by atoms with Gasteiger partial charge in [0.1, 0.15) is 11.5 Å². The summed E-state index contributed by atoms with van der Waals surface area (Å²) in [6, 6.07) is 11.0. The molecule has 2 heterocycles. The first-order chi connectivity index (χ1) is 12.3. The van der Waals surface area contributed by atoms with E-state index < -0.39 is 5.92 Å². The van der Waals surface area contributed by atoms with Gasteiger partial charge in [-0.3, -0.25) is 9.59 Å². The highest BCUT2D eigenvalue weighted by Gasteiger charge is 2.35. The van der Waals surface area contributed by atoms with Crippen LogP contribution in [0.4, 0.5) is 0 Å². The Balaban J connectivity index is 2.12. The van der Waals surface area contributed by atoms with Crippen LogP contribution in [-0.2, 0) is 9.59 Å². The molecule has 1 aromatic carbocycles. The fraction of sp³-hybridized carbons (Fsp3) is 0.238. The van der Waals surface area contributed by atoms with E-state index in [-0.39, 0.29) is 11.6 Å². The molecule has 1 aromatic heterocycles. The SMILES string of the molecule is CC(=O)C1=C(C)NC(C)=C(C(C)=O)C1c1ccc(-c2ccc(Cl)cc2)o1. The van der Waals surface area contributed by atoms with Gasteiger partial charge in [-0.15, -0.1) is 0 Å². The van der Waals surface area contributed by atoms with Crippen molar-refractivity contribution in [3.8, 4) is 11.3 Å². The van der Waals surface area contributed by atoms with Crippen LogP contribution in [0.15, 0.2) is 63.4 Å². The molecule has 4 nitrogen and oxygen atoms in total. The number of furan rings is 1. The summed E-state index contributed by atoms with van der Waals surface area (Å²) < 4.78 is 6.06. The average Bonchev–Trinajstić information content (AvgIpc) is 3.03. The summed E-state index contributed by atoms with van der Waals surface area (Å²) in [5.74, 6) is 0.556. The van der Waals surface area contributed by atoms with Crippen molar-refractivity contribution in [3.63, 3.8) is 0 Å². The monoisotopic (exact) mass is 369 g/mol. The standard InChI is InChI=1S/C21H20ClNO3/c1-11-19(13(3)24)21(20(14(4)25)12(2)23-11)18-10-9-17(26-18)15-5-7-16(22)8-6-15/h5-10,21,23H,1-4H3. The molecule has 0 saturated carbocycles. The summed E-state index contributed by atoms with van der Waals surface area (Å²) in [6.07, 6.45) is 0. The maximum Gasteiger partial charge on any atom is 0.158 e. The molecule has 0 saturated heterocycles. The lowest BCUT2D eigenvalue weighted by atomic mass is 9.80. The molecule has 0 amide bonds. The minimum Gasteiger partial charge on any atom is -0.460 e. The van der Waals surface area contributed by atoms with Crippen molar-refractivity contribution < 1.29 is 14.0 Å². The molecule has 1 aliphatic rings. The number of rotatable bonds is 4. The summed E-state index contributed by atoms with van der Waals surface area (Å²) in [5, 5.41) is 3.79. The van der Waals surface area contributed by atoms with Crippen LogP contribution in [0.1, 0.15) is 39.4 Å². The summed E-state index contributed by atoms with van der Waals surface area (Å²) in [4.78, 5) is 24.6. The van der Waals surface area contributed by atoms with Crippen LogP contribution in [0.5, 0.6) is 0 Å². The largest absolute Gasteiger partial charge is 0.460 e. The molecule has 26 heavy (non-hydrogen) atoms. The van der Waals surface area contributed by atoms with Gasteiger partial charge in [-0.05, 0) is 64.1 Å². The van der Waals surface area contributed by atoms with E-state index in [0.29, 0.717) is 27.7 Å². The minimum atomic E-state index is -0.507. The van der Waals surface area contributed by atoms with E-state index in [4.69, 9.17) is 16.0 Å². The van der Waals surface area contributed by atoms with Crippen molar-refractivity contribution in [3.05, 3.63) is 69.7 Å². The predicted molar refractivity (Wildman–Crippen MR) is 102 cm³/mol. The number of carbonyl (C=O) groups is 2. The fourth-order valence-corrected chi connectivity index (χ4v) is 3.62. The summed E-state index contributed by atoms with van der Waals surface area (Å²) in [7, 11) is 0. The van der Waals surface area contributed by atoms with Crippen molar-refractivity contribution in [1.82, 2.24) is 5.32 Å². The Morgan fingerprint density at radius 2 is 1.46 bits per heavy atom. The molecule has 0 spiro atoms. The van der Waals surface area contributed by atoms with Crippen LogP contribution in [0.25, 0.3) is 11.3 Å². The van der Waals surface area contributed by atoms with Crippen molar-refractivity contribution in [1.29, 1.82) is 0 Å². The van der Waals surface area contributed by atoms with Gasteiger partial charge in [0.15, 0.2) is 11.6 Å². The van der Waals surface area contributed by atoms with E-state index in [2.05, 4.69) is 5.32 Å². The van der Waals surface area contributed by atoms with Crippen LogP contribution >= 0.6 is 11.6 Å². The third-order valence-corrected chi connectivity index (χ3v) is 4.81. The highest BCUT2D eigenvalue weighted by molar-refractivity contribution is 6.30. The van der Waals surface area contributed by atoms with Gasteiger partial charge in [-0.25, -0.2) is 0 Å². The Hall–Kier alpha value is -2.59. The Morgan fingerprint density at radius 3 is 1.96 bits per heavy atom. The van der Waals surface area contributed by atoms with Crippen molar-refractivity contribution >= 4 is 23.2 Å². The molecule has 0 unspecified atom stereocenters. The maximum atomic E-state index is 12.3. The van der Waals surface area contributed by atoms with Crippen LogP contribution in [0.3, 0.4) is 0 Å². The van der Waals surface area contributed by atoms with Crippen LogP contribution in [0.2, 0.25) is 5.02 Å². The number of hydrogen-bond acceptors (Lipinski definition) is 4. The molecule has 2 aromatic rings. The quantitative estimate of drug-likeness (QED) is 0.822. The van der Waals surface area contributed by atoms with Crippen molar-refractivity contribution in [2.24, 2.45) is 0 Å². The van der Waals surface area contributed by atoms with Gasteiger partial charge in [0, 0.05) is 33.1 Å². The summed E-state index contributed by atoms with van der Waals surface area (Å²) in [6.45, 7) is 6.70. The van der Waals surface area contributed by atoms with Gasteiger partial charge in [0.05, 0.1) is 5.92 Å². The number of halogens is 1. The lowest BCUT2D eigenvalue weighted by molar-refractivity contribution is -0.114. The van der Waals surface area contributed by atoms with Crippen LogP contribution in [0, 0.1) is 0 Å². The van der Waals surface area contributed by atoms with E-state index in [1.54, 1.807) is 12.1 Å². The number of allylic oxidation sites excluding steroid dienone is 4. The second-order valence-corrected chi connectivity index (χ2v) is 6.89. The highest BCUT2D eigenvalue weighted by Crippen LogP contribution is 2.40. The average molecular weight is 370 g/mol. The Bertz CT molecular complexity index is 912. The number of dihydropyridines is 1. The van der Waals surface area contributed by atoms with E-state index in [9.17, 15) is 9.59 Å². The lowest BCUT2D eigenvalue weighted by Crippen LogP contribution is -2.29. The van der Waals surface area contributed by atoms with Crippen LogP contribution < -0.4 is 5.32 Å². The first-order valence-corrected chi connectivity index (χ1v) is 8.73. The number of Topliss-reactive ketones (excluding diaryl/α,β-unsaturated/α-hetero) is 2. The van der Waals surface area contributed by atoms with E-state index in [0.717, 1.165) is 17.0 Å². The number of ketones is 2. The summed E-state index contributed by atoms with van der Waals surface area (Å²) >= 11 is 5.94. The number of hydrogen-bond donors (Lipinski definition) is 1. The zero-order chi connectivity index (χ0) is 19.0. The maximum absolute atomic E-state index is 12.3. The fourth-order valence-electron chi connectivity index (χ4n) is 3.49. The molecule has 1 N–H and O–H groups in total. The van der Waals surface area contributed by atoms with Crippen LogP contribution in [-0.4, -0.2) is 11.6 Å². The molecule has 0 aliphatic carbocycles. The number of nitrogens with one attached hydrogen (secondary N) is 1. The predicted octanol–water partition coefficient (Wildman–Crippen LogP) is 5.01. The van der Waals surface area contributed by atoms with E-state index in [1.807, 2.05) is 38.1 Å². The molecule has 0 radical (unpaired) electrons.